The minimum atomic E-state index is 0.132. The van der Waals surface area contributed by atoms with Crippen molar-refractivity contribution in [3.8, 4) is 5.88 Å². The predicted molar refractivity (Wildman–Crippen MR) is 69.1 cm³/mol. The molecule has 0 saturated carbocycles. The third-order valence-corrected chi connectivity index (χ3v) is 2.22. The van der Waals surface area contributed by atoms with Crippen molar-refractivity contribution in [3.05, 3.63) is 12.4 Å². The van der Waals surface area contributed by atoms with Gasteiger partial charge >= 0.3 is 0 Å². The Hall–Kier alpha value is -1.36. The lowest BCUT2D eigenvalue weighted by atomic mass is 10.0. The first kappa shape index (κ1) is 13.7. The Balaban J connectivity index is 2.43. The molecule has 0 spiro atoms. The van der Waals surface area contributed by atoms with Crippen LogP contribution >= 0.6 is 0 Å². The first-order chi connectivity index (χ1) is 8.11. The van der Waals surface area contributed by atoms with Gasteiger partial charge in [0.1, 0.15) is 5.82 Å². The van der Waals surface area contributed by atoms with E-state index in [1.54, 1.807) is 12.4 Å². The van der Waals surface area contributed by atoms with Crippen LogP contribution in [0.3, 0.4) is 0 Å². The Bertz CT molecular complexity index is 330. The summed E-state index contributed by atoms with van der Waals surface area (Å²) in [6.07, 6.45) is 4.26. The summed E-state index contributed by atoms with van der Waals surface area (Å²) in [5, 5.41) is 3.17. The molecule has 96 valence electrons. The molecule has 0 aliphatic carbocycles. The number of nitrogens with one attached hydrogen (secondary N) is 1. The topological polar surface area (TPSA) is 73.1 Å². The summed E-state index contributed by atoms with van der Waals surface area (Å²) >= 11 is 0. The molecule has 0 fully saturated rings. The highest BCUT2D eigenvalue weighted by Crippen LogP contribution is 2.09. The molecular formula is C12H22N4O. The maximum atomic E-state index is 5.98. The van der Waals surface area contributed by atoms with Crippen LogP contribution < -0.4 is 15.8 Å². The van der Waals surface area contributed by atoms with E-state index in [-0.39, 0.29) is 6.04 Å². The SMILES string of the molecule is CCOc1cncc(NCC(N)CC(C)C)n1. The molecule has 0 aromatic carbocycles. The van der Waals surface area contributed by atoms with Crippen LogP contribution in [0.2, 0.25) is 0 Å². The van der Waals surface area contributed by atoms with E-state index in [1.807, 2.05) is 6.92 Å². The molecule has 0 radical (unpaired) electrons. The van der Waals surface area contributed by atoms with Crippen molar-refractivity contribution in [2.45, 2.75) is 33.2 Å². The Kier molecular flexibility index (Phi) is 5.69. The first-order valence-electron chi connectivity index (χ1n) is 6.06. The lowest BCUT2D eigenvalue weighted by Crippen LogP contribution is -2.30. The summed E-state index contributed by atoms with van der Waals surface area (Å²) in [6.45, 7) is 7.53. The van der Waals surface area contributed by atoms with E-state index in [1.165, 1.54) is 0 Å². The zero-order chi connectivity index (χ0) is 12.7. The highest BCUT2D eigenvalue weighted by atomic mass is 16.5. The Morgan fingerprint density at radius 1 is 1.41 bits per heavy atom. The molecule has 1 atom stereocenters. The lowest BCUT2D eigenvalue weighted by Gasteiger charge is -2.15. The largest absolute Gasteiger partial charge is 0.477 e. The molecule has 1 unspecified atom stereocenters. The minimum Gasteiger partial charge on any atom is -0.477 e. The van der Waals surface area contributed by atoms with Crippen molar-refractivity contribution in [1.29, 1.82) is 0 Å². The Morgan fingerprint density at radius 2 is 2.18 bits per heavy atom. The van der Waals surface area contributed by atoms with Crippen LogP contribution in [0, 0.1) is 5.92 Å². The van der Waals surface area contributed by atoms with Gasteiger partial charge in [0.25, 0.3) is 0 Å². The van der Waals surface area contributed by atoms with Crippen LogP contribution in [0.25, 0.3) is 0 Å². The van der Waals surface area contributed by atoms with Crippen LogP contribution in [0.1, 0.15) is 27.2 Å². The number of ether oxygens (including phenoxy) is 1. The Labute approximate surface area is 103 Å². The number of anilines is 1. The van der Waals surface area contributed by atoms with Gasteiger partial charge in [0.2, 0.25) is 5.88 Å². The average Bonchev–Trinajstić information content (AvgIpc) is 2.26. The fraction of sp³-hybridized carbons (Fsp3) is 0.667. The van der Waals surface area contributed by atoms with Gasteiger partial charge in [-0.25, -0.2) is 0 Å². The molecule has 0 aliphatic heterocycles. The van der Waals surface area contributed by atoms with E-state index in [4.69, 9.17) is 10.5 Å². The van der Waals surface area contributed by atoms with Crippen molar-refractivity contribution in [3.63, 3.8) is 0 Å². The van der Waals surface area contributed by atoms with E-state index in [0.29, 0.717) is 30.8 Å². The minimum absolute atomic E-state index is 0.132. The second-order valence-corrected chi connectivity index (χ2v) is 4.45. The molecular weight excluding hydrogens is 216 g/mol. The quantitative estimate of drug-likeness (QED) is 0.755. The van der Waals surface area contributed by atoms with Crippen LogP contribution in [0.4, 0.5) is 5.82 Å². The van der Waals surface area contributed by atoms with Gasteiger partial charge in [-0.15, -0.1) is 0 Å². The van der Waals surface area contributed by atoms with Crippen molar-refractivity contribution in [2.75, 3.05) is 18.5 Å². The molecule has 5 nitrogen and oxygen atoms in total. The van der Waals surface area contributed by atoms with Gasteiger partial charge in [-0.1, -0.05) is 13.8 Å². The van der Waals surface area contributed by atoms with Gasteiger partial charge in [0, 0.05) is 12.6 Å². The van der Waals surface area contributed by atoms with Crippen molar-refractivity contribution in [1.82, 2.24) is 9.97 Å². The number of hydrogen-bond acceptors (Lipinski definition) is 5. The van der Waals surface area contributed by atoms with Gasteiger partial charge in [-0.3, -0.25) is 4.98 Å². The van der Waals surface area contributed by atoms with Gasteiger partial charge < -0.3 is 15.8 Å². The molecule has 0 aliphatic rings. The molecule has 0 amide bonds. The van der Waals surface area contributed by atoms with E-state index >= 15 is 0 Å². The third kappa shape index (κ3) is 5.49. The number of nitrogens with two attached hydrogens (primary N) is 1. The van der Waals surface area contributed by atoms with Gasteiger partial charge in [-0.05, 0) is 19.3 Å². The average molecular weight is 238 g/mol. The van der Waals surface area contributed by atoms with Crippen LogP contribution in [-0.4, -0.2) is 29.2 Å². The molecule has 0 saturated heterocycles. The second-order valence-electron chi connectivity index (χ2n) is 4.45. The molecule has 1 aromatic heterocycles. The summed E-state index contributed by atoms with van der Waals surface area (Å²) in [7, 11) is 0. The highest BCUT2D eigenvalue weighted by molar-refractivity contribution is 5.33. The second kappa shape index (κ2) is 7.06. The molecule has 1 aromatic rings. The predicted octanol–water partition coefficient (Wildman–Crippen LogP) is 1.66. The lowest BCUT2D eigenvalue weighted by molar-refractivity contribution is 0.325. The van der Waals surface area contributed by atoms with Gasteiger partial charge in [-0.2, -0.15) is 4.98 Å². The van der Waals surface area contributed by atoms with E-state index in [0.717, 1.165) is 6.42 Å². The first-order valence-corrected chi connectivity index (χ1v) is 6.06. The van der Waals surface area contributed by atoms with Crippen LogP contribution in [-0.2, 0) is 0 Å². The molecule has 0 bridgehead atoms. The monoisotopic (exact) mass is 238 g/mol. The van der Waals surface area contributed by atoms with Crippen molar-refractivity contribution < 1.29 is 4.74 Å². The Morgan fingerprint density at radius 3 is 2.82 bits per heavy atom. The smallest absolute Gasteiger partial charge is 0.234 e. The summed E-state index contributed by atoms with van der Waals surface area (Å²) in [5.74, 6) is 1.85. The van der Waals surface area contributed by atoms with E-state index in [2.05, 4.69) is 29.1 Å². The normalized spacial score (nSPS) is 12.5. The van der Waals surface area contributed by atoms with Gasteiger partial charge in [0.05, 0.1) is 19.0 Å². The standard InChI is InChI=1S/C12H22N4O/c1-4-17-12-8-14-7-11(16-12)15-6-10(13)5-9(2)3/h7-10H,4-6,13H2,1-3H3,(H,15,16). The molecule has 1 rings (SSSR count). The summed E-state index contributed by atoms with van der Waals surface area (Å²) in [4.78, 5) is 8.31. The third-order valence-electron chi connectivity index (χ3n) is 2.22. The number of rotatable bonds is 7. The van der Waals surface area contributed by atoms with Crippen molar-refractivity contribution in [2.24, 2.45) is 11.7 Å². The zero-order valence-corrected chi connectivity index (χ0v) is 10.8. The summed E-state index contributed by atoms with van der Waals surface area (Å²) in [5.41, 5.74) is 5.98. The van der Waals surface area contributed by atoms with Crippen LogP contribution in [0.5, 0.6) is 5.88 Å². The van der Waals surface area contributed by atoms with Crippen LogP contribution in [0.15, 0.2) is 12.4 Å². The number of hydrogen-bond donors (Lipinski definition) is 2. The molecule has 5 heteroatoms. The summed E-state index contributed by atoms with van der Waals surface area (Å²) < 4.78 is 5.27. The van der Waals surface area contributed by atoms with Gasteiger partial charge in [0.15, 0.2) is 0 Å². The summed E-state index contributed by atoms with van der Waals surface area (Å²) in [6, 6.07) is 0.132. The number of nitrogens with zero attached hydrogens (tertiary/aromatic N) is 2. The zero-order valence-electron chi connectivity index (χ0n) is 10.8. The van der Waals surface area contributed by atoms with Crippen molar-refractivity contribution >= 4 is 5.82 Å². The molecule has 1 heterocycles. The molecule has 3 N–H and O–H groups in total. The maximum Gasteiger partial charge on any atom is 0.234 e. The molecule has 17 heavy (non-hydrogen) atoms. The highest BCUT2D eigenvalue weighted by Gasteiger charge is 2.06. The maximum absolute atomic E-state index is 5.98. The fourth-order valence-corrected chi connectivity index (χ4v) is 1.58. The fourth-order valence-electron chi connectivity index (χ4n) is 1.58. The number of aromatic nitrogens is 2. The van der Waals surface area contributed by atoms with E-state index in [9.17, 15) is 0 Å². The van der Waals surface area contributed by atoms with E-state index < -0.39 is 0 Å².